The molecule has 1 rings (SSSR count). The molecule has 0 unspecified atom stereocenters. The van der Waals surface area contributed by atoms with Crippen molar-refractivity contribution < 1.29 is 19.0 Å². The van der Waals surface area contributed by atoms with Crippen LogP contribution in [0.5, 0.6) is 5.75 Å². The molecule has 8 heteroatoms. The van der Waals surface area contributed by atoms with Gasteiger partial charge in [0, 0.05) is 6.08 Å². The number of hydrogen-bond acceptors (Lipinski definition) is 2. The van der Waals surface area contributed by atoms with Crippen LogP contribution in [0, 0.1) is 5.82 Å². The van der Waals surface area contributed by atoms with Crippen LogP contribution in [-0.2, 0) is 4.79 Å². The van der Waals surface area contributed by atoms with Gasteiger partial charge in [-0.3, -0.25) is 0 Å². The van der Waals surface area contributed by atoms with E-state index in [1.807, 2.05) is 0 Å². The monoisotopic (exact) mass is 426 g/mol. The minimum atomic E-state index is -2.47. The maximum atomic E-state index is 13.7. The molecule has 0 aliphatic rings. The summed E-state index contributed by atoms with van der Waals surface area (Å²) in [5, 5.41) is 8.61. The Bertz CT molecular complexity index is 577. The minimum Gasteiger partial charge on any atom is -0.490 e. The first kappa shape index (κ1) is 22.3. The molecule has 1 aromatic rings. The number of unbranched alkanes of at least 4 members (excludes halogenated alkanes) is 5. The number of halogens is 4. The highest BCUT2D eigenvalue weighted by Gasteiger charge is 2.23. The SMILES string of the molecule is O=C(O)C=Cc1ccc(F)c(OCCCCCCCC[Si](Cl)(Cl)Cl)c1. The fourth-order valence-corrected chi connectivity index (χ4v) is 4.07. The lowest BCUT2D eigenvalue weighted by Gasteiger charge is -2.09. The van der Waals surface area contributed by atoms with Crippen molar-refractivity contribution in [3.05, 3.63) is 35.7 Å². The van der Waals surface area contributed by atoms with Gasteiger partial charge in [-0.05, 0) is 36.2 Å². The zero-order chi connectivity index (χ0) is 18.7. The molecular weight excluding hydrogens is 406 g/mol. The van der Waals surface area contributed by atoms with Crippen molar-refractivity contribution in [1.29, 1.82) is 0 Å². The van der Waals surface area contributed by atoms with Crippen LogP contribution in [-0.4, -0.2) is 23.7 Å². The lowest BCUT2D eigenvalue weighted by molar-refractivity contribution is -0.131. The summed E-state index contributed by atoms with van der Waals surface area (Å²) in [5.41, 5.74) is 0.580. The Kier molecular flexibility index (Phi) is 10.5. The van der Waals surface area contributed by atoms with Crippen molar-refractivity contribution in [1.82, 2.24) is 0 Å². The largest absolute Gasteiger partial charge is 0.490 e. The van der Waals surface area contributed by atoms with Crippen molar-refractivity contribution in [3.8, 4) is 5.75 Å². The van der Waals surface area contributed by atoms with Gasteiger partial charge in [-0.15, -0.1) is 33.2 Å². The third kappa shape index (κ3) is 11.5. The number of rotatable bonds is 12. The maximum Gasteiger partial charge on any atom is 0.341 e. The van der Waals surface area contributed by atoms with Crippen LogP contribution in [0.2, 0.25) is 6.04 Å². The molecule has 0 amide bonds. The third-order valence-corrected chi connectivity index (χ3v) is 6.11. The molecule has 0 atom stereocenters. The van der Waals surface area contributed by atoms with E-state index in [-0.39, 0.29) is 5.75 Å². The van der Waals surface area contributed by atoms with E-state index in [9.17, 15) is 9.18 Å². The van der Waals surface area contributed by atoms with E-state index in [0.717, 1.165) is 44.6 Å². The molecule has 1 aromatic carbocycles. The Hall–Kier alpha value is -0.753. The summed E-state index contributed by atoms with van der Waals surface area (Å²) in [6.45, 7) is 0.421. The predicted molar refractivity (Wildman–Crippen MR) is 104 cm³/mol. The predicted octanol–water partition coefficient (Wildman–Crippen LogP) is 6.30. The van der Waals surface area contributed by atoms with Gasteiger partial charge in [-0.1, -0.05) is 38.2 Å². The van der Waals surface area contributed by atoms with Crippen LogP contribution in [0.1, 0.15) is 44.1 Å². The Morgan fingerprint density at radius 1 is 1.12 bits per heavy atom. The van der Waals surface area contributed by atoms with Crippen LogP contribution in [0.3, 0.4) is 0 Å². The average molecular weight is 428 g/mol. The molecule has 0 radical (unpaired) electrons. The Labute approximate surface area is 162 Å². The van der Waals surface area contributed by atoms with E-state index >= 15 is 0 Å². The van der Waals surface area contributed by atoms with Gasteiger partial charge in [0.25, 0.3) is 0 Å². The summed E-state index contributed by atoms with van der Waals surface area (Å²) in [6, 6.07) is 2.49. The van der Waals surface area contributed by atoms with E-state index in [0.29, 0.717) is 18.2 Å². The molecule has 25 heavy (non-hydrogen) atoms. The summed E-state index contributed by atoms with van der Waals surface area (Å²) in [5.74, 6) is -1.37. The Morgan fingerprint density at radius 2 is 1.76 bits per heavy atom. The summed E-state index contributed by atoms with van der Waals surface area (Å²) in [4.78, 5) is 10.5. The van der Waals surface area contributed by atoms with Crippen LogP contribution >= 0.6 is 33.2 Å². The van der Waals surface area contributed by atoms with Crippen molar-refractivity contribution in [2.75, 3.05) is 6.61 Å². The summed E-state index contributed by atoms with van der Waals surface area (Å²) >= 11 is 17.5. The average Bonchev–Trinajstić information content (AvgIpc) is 2.52. The van der Waals surface area contributed by atoms with Crippen LogP contribution in [0.4, 0.5) is 4.39 Å². The molecule has 0 saturated carbocycles. The lowest BCUT2D eigenvalue weighted by Crippen LogP contribution is -2.07. The second-order valence-electron chi connectivity index (χ2n) is 5.70. The van der Waals surface area contributed by atoms with Gasteiger partial charge in [0.1, 0.15) is 0 Å². The van der Waals surface area contributed by atoms with Gasteiger partial charge in [-0.2, -0.15) is 0 Å². The van der Waals surface area contributed by atoms with E-state index in [2.05, 4.69) is 0 Å². The van der Waals surface area contributed by atoms with Crippen molar-refractivity contribution >= 4 is 51.3 Å². The second-order valence-corrected chi connectivity index (χ2v) is 15.0. The standard InChI is InChI=1S/C17H22Cl3FO3Si/c18-25(19,20)12-6-4-2-1-3-5-11-24-16-13-14(7-9-15(16)21)8-10-17(22)23/h7-10,13H,1-6,11-12H2,(H,22,23). The summed E-state index contributed by atoms with van der Waals surface area (Å²) < 4.78 is 19.1. The number of carboxylic acids is 1. The molecule has 0 aliphatic heterocycles. The maximum absolute atomic E-state index is 13.7. The molecule has 0 aliphatic carbocycles. The van der Waals surface area contributed by atoms with E-state index in [1.165, 1.54) is 24.3 Å². The Balaban J connectivity index is 2.21. The number of carboxylic acid groups (broad SMARTS) is 1. The molecule has 3 nitrogen and oxygen atoms in total. The van der Waals surface area contributed by atoms with Crippen molar-refractivity contribution in [3.63, 3.8) is 0 Å². The first-order valence-electron chi connectivity index (χ1n) is 8.18. The van der Waals surface area contributed by atoms with Gasteiger partial charge in [0.15, 0.2) is 11.6 Å². The lowest BCUT2D eigenvalue weighted by atomic mass is 10.1. The van der Waals surface area contributed by atoms with Gasteiger partial charge in [-0.25, -0.2) is 9.18 Å². The molecule has 140 valence electrons. The van der Waals surface area contributed by atoms with Crippen LogP contribution < -0.4 is 4.74 Å². The van der Waals surface area contributed by atoms with Gasteiger partial charge < -0.3 is 9.84 Å². The second kappa shape index (κ2) is 11.8. The zero-order valence-corrected chi connectivity index (χ0v) is 17.1. The number of ether oxygens (including phenoxy) is 1. The Morgan fingerprint density at radius 3 is 2.40 bits per heavy atom. The van der Waals surface area contributed by atoms with Gasteiger partial charge >= 0.3 is 12.0 Å². The summed E-state index contributed by atoms with van der Waals surface area (Å²) in [7, 11) is 0. The zero-order valence-electron chi connectivity index (χ0n) is 13.8. The molecule has 0 aromatic heterocycles. The van der Waals surface area contributed by atoms with E-state index in [1.54, 1.807) is 0 Å². The molecule has 0 bridgehead atoms. The fraction of sp³-hybridized carbons (Fsp3) is 0.471. The van der Waals surface area contributed by atoms with Gasteiger partial charge in [0.2, 0.25) is 0 Å². The molecule has 1 N–H and O–H groups in total. The van der Waals surface area contributed by atoms with Crippen molar-refractivity contribution in [2.45, 2.75) is 44.6 Å². The fourth-order valence-electron chi connectivity index (χ4n) is 2.22. The highest BCUT2D eigenvalue weighted by atomic mass is 35.8. The van der Waals surface area contributed by atoms with E-state index in [4.69, 9.17) is 43.1 Å². The number of carbonyl (C=O) groups is 1. The normalized spacial score (nSPS) is 11.8. The summed E-state index contributed by atoms with van der Waals surface area (Å²) in [6.07, 6.45) is 8.36. The number of aliphatic carboxylic acids is 1. The number of benzene rings is 1. The first-order chi connectivity index (χ1) is 11.8. The van der Waals surface area contributed by atoms with Crippen LogP contribution in [0.15, 0.2) is 24.3 Å². The topological polar surface area (TPSA) is 46.5 Å². The molecule has 0 fully saturated rings. The molecule has 0 spiro atoms. The molecule has 0 heterocycles. The molecule has 0 saturated heterocycles. The third-order valence-electron chi connectivity index (χ3n) is 3.49. The highest BCUT2D eigenvalue weighted by molar-refractivity contribution is 7.64. The van der Waals surface area contributed by atoms with Gasteiger partial charge in [0.05, 0.1) is 6.61 Å². The highest BCUT2D eigenvalue weighted by Crippen LogP contribution is 2.27. The van der Waals surface area contributed by atoms with E-state index < -0.39 is 17.8 Å². The van der Waals surface area contributed by atoms with Crippen molar-refractivity contribution in [2.24, 2.45) is 0 Å². The smallest absolute Gasteiger partial charge is 0.341 e. The minimum absolute atomic E-state index is 0.139. The first-order valence-corrected chi connectivity index (χ1v) is 13.4. The molecular formula is C17H22Cl3FO3Si. The quantitative estimate of drug-likeness (QED) is 0.184. The van der Waals surface area contributed by atoms with Crippen LogP contribution in [0.25, 0.3) is 6.08 Å². The number of hydrogen-bond donors (Lipinski definition) is 1.